The maximum absolute atomic E-state index is 14.3. The van der Waals surface area contributed by atoms with E-state index in [1.165, 1.54) is 5.57 Å². The van der Waals surface area contributed by atoms with Crippen molar-refractivity contribution in [3.63, 3.8) is 0 Å². The van der Waals surface area contributed by atoms with Gasteiger partial charge < -0.3 is 0 Å². The number of nitrogens with zero attached hydrogens (tertiary/aromatic N) is 1. The second-order valence-corrected chi connectivity index (χ2v) is 6.20. The lowest BCUT2D eigenvalue weighted by atomic mass is 9.72. The highest BCUT2D eigenvalue weighted by atomic mass is 19.1. The predicted molar refractivity (Wildman–Crippen MR) is 91.9 cm³/mol. The van der Waals surface area contributed by atoms with Gasteiger partial charge in [0, 0.05) is 12.6 Å². The minimum absolute atomic E-state index is 0.0162. The van der Waals surface area contributed by atoms with E-state index < -0.39 is 0 Å². The van der Waals surface area contributed by atoms with Crippen molar-refractivity contribution in [3.05, 3.63) is 59.7 Å². The van der Waals surface area contributed by atoms with E-state index in [0.29, 0.717) is 18.3 Å². The SMILES string of the molecule is CC=CC(C(C)CC)C1CC(F)=C(C)C=C1c1ccccn1. The van der Waals surface area contributed by atoms with Crippen LogP contribution >= 0.6 is 0 Å². The molecule has 1 nitrogen and oxygen atoms in total. The van der Waals surface area contributed by atoms with Gasteiger partial charge in [0.15, 0.2) is 0 Å². The molecule has 2 rings (SSSR count). The Bertz CT molecular complexity index is 583. The van der Waals surface area contributed by atoms with Gasteiger partial charge in [-0.05, 0) is 54.9 Å². The fourth-order valence-corrected chi connectivity index (χ4v) is 3.24. The van der Waals surface area contributed by atoms with Gasteiger partial charge in [0.1, 0.15) is 5.83 Å². The van der Waals surface area contributed by atoms with Crippen LogP contribution in [0, 0.1) is 17.8 Å². The third-order valence-corrected chi connectivity index (χ3v) is 4.74. The van der Waals surface area contributed by atoms with Crippen LogP contribution in [-0.4, -0.2) is 4.98 Å². The summed E-state index contributed by atoms with van der Waals surface area (Å²) in [6.07, 6.45) is 9.70. The molecule has 0 bridgehead atoms. The summed E-state index contributed by atoms with van der Waals surface area (Å²) < 4.78 is 14.3. The minimum atomic E-state index is 0.0162. The molecule has 3 atom stereocenters. The van der Waals surface area contributed by atoms with E-state index in [4.69, 9.17) is 0 Å². The zero-order valence-electron chi connectivity index (χ0n) is 14.0. The maximum Gasteiger partial charge on any atom is 0.103 e. The number of hydrogen-bond donors (Lipinski definition) is 0. The topological polar surface area (TPSA) is 12.9 Å². The normalized spacial score (nSPS) is 21.9. The number of rotatable bonds is 5. The van der Waals surface area contributed by atoms with Crippen molar-refractivity contribution in [2.24, 2.45) is 17.8 Å². The summed E-state index contributed by atoms with van der Waals surface area (Å²) in [5.74, 6) is 1.02. The van der Waals surface area contributed by atoms with Crippen LogP contribution in [0.1, 0.15) is 46.2 Å². The van der Waals surface area contributed by atoms with E-state index >= 15 is 0 Å². The van der Waals surface area contributed by atoms with Crippen LogP contribution in [0.15, 0.2) is 54.0 Å². The van der Waals surface area contributed by atoms with Crippen molar-refractivity contribution < 1.29 is 4.39 Å². The molecule has 0 spiro atoms. The van der Waals surface area contributed by atoms with E-state index in [9.17, 15) is 4.39 Å². The maximum atomic E-state index is 14.3. The Morgan fingerprint density at radius 1 is 1.41 bits per heavy atom. The Morgan fingerprint density at radius 3 is 2.77 bits per heavy atom. The Labute approximate surface area is 133 Å². The van der Waals surface area contributed by atoms with Gasteiger partial charge in [-0.15, -0.1) is 0 Å². The third-order valence-electron chi connectivity index (χ3n) is 4.74. The molecule has 0 fully saturated rings. The molecule has 1 aliphatic carbocycles. The van der Waals surface area contributed by atoms with E-state index in [1.54, 1.807) is 0 Å². The largest absolute Gasteiger partial charge is 0.257 e. The third kappa shape index (κ3) is 3.55. The Morgan fingerprint density at radius 2 is 2.18 bits per heavy atom. The summed E-state index contributed by atoms with van der Waals surface area (Å²) in [6, 6.07) is 5.94. The van der Waals surface area contributed by atoms with Crippen LogP contribution in [-0.2, 0) is 0 Å². The summed E-state index contributed by atoms with van der Waals surface area (Å²) in [6.45, 7) is 8.34. The molecule has 0 aliphatic heterocycles. The first-order valence-electron chi connectivity index (χ1n) is 8.19. The number of aromatic nitrogens is 1. The highest BCUT2D eigenvalue weighted by molar-refractivity contribution is 5.70. The Hall–Kier alpha value is -1.70. The lowest BCUT2D eigenvalue weighted by Crippen LogP contribution is -2.24. The highest BCUT2D eigenvalue weighted by Crippen LogP contribution is 2.43. The van der Waals surface area contributed by atoms with Crippen molar-refractivity contribution >= 4 is 5.57 Å². The van der Waals surface area contributed by atoms with Gasteiger partial charge >= 0.3 is 0 Å². The average molecular weight is 299 g/mol. The quantitative estimate of drug-likeness (QED) is 0.611. The fraction of sp³-hybridized carbons (Fsp3) is 0.450. The van der Waals surface area contributed by atoms with Gasteiger partial charge in [0.05, 0.1) is 5.69 Å². The molecule has 0 amide bonds. The van der Waals surface area contributed by atoms with Crippen LogP contribution in [0.25, 0.3) is 5.57 Å². The lowest BCUT2D eigenvalue weighted by Gasteiger charge is -2.33. The van der Waals surface area contributed by atoms with E-state index in [1.807, 2.05) is 44.3 Å². The molecule has 0 aromatic carbocycles. The fourth-order valence-electron chi connectivity index (χ4n) is 3.24. The molecule has 3 unspecified atom stereocenters. The molecule has 0 radical (unpaired) electrons. The van der Waals surface area contributed by atoms with Gasteiger partial charge in [-0.2, -0.15) is 0 Å². The number of hydrogen-bond acceptors (Lipinski definition) is 1. The van der Waals surface area contributed by atoms with Gasteiger partial charge in [-0.3, -0.25) is 4.98 Å². The Kier molecular flexibility index (Phi) is 5.70. The van der Waals surface area contributed by atoms with Crippen LogP contribution in [0.2, 0.25) is 0 Å². The number of halogens is 1. The van der Waals surface area contributed by atoms with Crippen LogP contribution in [0.4, 0.5) is 4.39 Å². The first-order chi connectivity index (χ1) is 10.6. The first-order valence-corrected chi connectivity index (χ1v) is 8.19. The van der Waals surface area contributed by atoms with Crippen LogP contribution in [0.3, 0.4) is 0 Å². The predicted octanol–water partition coefficient (Wildman–Crippen LogP) is 5.97. The van der Waals surface area contributed by atoms with Crippen molar-refractivity contribution in [3.8, 4) is 0 Å². The number of pyridine rings is 1. The molecule has 1 aliphatic rings. The molecule has 118 valence electrons. The molecular formula is C20H26FN. The molecular weight excluding hydrogens is 273 g/mol. The van der Waals surface area contributed by atoms with E-state index in [0.717, 1.165) is 17.7 Å². The summed E-state index contributed by atoms with van der Waals surface area (Å²) in [5.41, 5.74) is 2.88. The zero-order chi connectivity index (χ0) is 16.1. The average Bonchev–Trinajstić information content (AvgIpc) is 2.55. The highest BCUT2D eigenvalue weighted by Gasteiger charge is 2.31. The molecule has 0 saturated carbocycles. The standard InChI is InChI=1S/C20H26FN/c1-5-9-16(14(3)6-2)17-13-19(21)15(4)12-18(17)20-10-7-8-11-22-20/h5,7-12,14,16-17H,6,13H2,1-4H3. The summed E-state index contributed by atoms with van der Waals surface area (Å²) in [4.78, 5) is 4.50. The van der Waals surface area contributed by atoms with E-state index in [-0.39, 0.29) is 11.7 Å². The summed E-state index contributed by atoms with van der Waals surface area (Å²) >= 11 is 0. The Balaban J connectivity index is 2.46. The second kappa shape index (κ2) is 7.53. The van der Waals surface area contributed by atoms with Crippen LogP contribution < -0.4 is 0 Å². The zero-order valence-corrected chi connectivity index (χ0v) is 14.0. The van der Waals surface area contributed by atoms with Crippen molar-refractivity contribution in [1.29, 1.82) is 0 Å². The van der Waals surface area contributed by atoms with E-state index in [2.05, 4.69) is 31.0 Å². The molecule has 22 heavy (non-hydrogen) atoms. The molecule has 1 aromatic heterocycles. The summed E-state index contributed by atoms with van der Waals surface area (Å²) in [7, 11) is 0. The smallest absolute Gasteiger partial charge is 0.103 e. The second-order valence-electron chi connectivity index (χ2n) is 6.20. The van der Waals surface area contributed by atoms with Gasteiger partial charge in [-0.1, -0.05) is 44.6 Å². The van der Waals surface area contributed by atoms with Gasteiger partial charge in [0.25, 0.3) is 0 Å². The molecule has 1 aromatic rings. The monoisotopic (exact) mass is 299 g/mol. The number of allylic oxidation sites excluding steroid dienone is 6. The van der Waals surface area contributed by atoms with Crippen molar-refractivity contribution in [1.82, 2.24) is 4.98 Å². The molecule has 1 heterocycles. The van der Waals surface area contributed by atoms with Crippen molar-refractivity contribution in [2.45, 2.75) is 40.5 Å². The molecule has 0 N–H and O–H groups in total. The summed E-state index contributed by atoms with van der Waals surface area (Å²) in [5, 5.41) is 0. The lowest BCUT2D eigenvalue weighted by molar-refractivity contribution is 0.322. The molecule has 0 saturated heterocycles. The van der Waals surface area contributed by atoms with Crippen LogP contribution in [0.5, 0.6) is 0 Å². The van der Waals surface area contributed by atoms with Gasteiger partial charge in [0.2, 0.25) is 0 Å². The van der Waals surface area contributed by atoms with Crippen molar-refractivity contribution in [2.75, 3.05) is 0 Å². The van der Waals surface area contributed by atoms with Gasteiger partial charge in [-0.25, -0.2) is 4.39 Å². The first kappa shape index (κ1) is 16.7. The minimum Gasteiger partial charge on any atom is -0.257 e. The molecule has 2 heteroatoms.